The van der Waals surface area contributed by atoms with Crippen LogP contribution >= 0.6 is 0 Å². The fraction of sp³-hybridized carbons (Fsp3) is 0.500. The molecule has 0 heterocycles. The third-order valence-electron chi connectivity index (χ3n) is 0.500. The molecule has 0 aliphatic carbocycles. The summed E-state index contributed by atoms with van der Waals surface area (Å²) in [5.74, 6) is 0. The monoisotopic (exact) mass is 199 g/mol. The molecule has 0 aromatic rings. The average molecular weight is 199 g/mol. The van der Waals surface area contributed by atoms with Crippen LogP contribution in [0, 0.1) is 25.7 Å². The maximum Gasteiger partial charge on any atom is 3.00 e. The zero-order valence-corrected chi connectivity index (χ0v) is 6.45. The quantitative estimate of drug-likeness (QED) is 0.492. The van der Waals surface area contributed by atoms with Crippen molar-refractivity contribution in [1.29, 1.82) is 5.26 Å². The zero-order chi connectivity index (χ0) is 6.12. The van der Waals surface area contributed by atoms with Crippen molar-refractivity contribution in [3.05, 3.63) is 20.4 Å². The molecule has 0 aliphatic heterocycles. The van der Waals surface area contributed by atoms with E-state index in [0.717, 1.165) is 12.8 Å². The van der Waals surface area contributed by atoms with E-state index in [2.05, 4.69) is 13.8 Å². The smallest absolute Gasteiger partial charge is 0.512 e. The Hall–Kier alpha value is 0.113. The van der Waals surface area contributed by atoms with Gasteiger partial charge in [-0.2, -0.15) is 12.8 Å². The van der Waals surface area contributed by atoms with Gasteiger partial charge in [-0.05, 0) is 0 Å². The van der Waals surface area contributed by atoms with Crippen LogP contribution in [0.2, 0.25) is 0 Å². The Bertz CT molecular complexity index is 32.8. The van der Waals surface area contributed by atoms with Gasteiger partial charge in [-0.25, -0.2) is 0 Å². The molecule has 0 rings (SSSR count). The molecule has 48 valence electrons. The van der Waals surface area contributed by atoms with Gasteiger partial charge in [-0.15, -0.1) is 6.42 Å². The second-order valence-corrected chi connectivity index (χ2v) is 1.06. The van der Waals surface area contributed by atoms with Gasteiger partial charge < -0.3 is 25.7 Å². The first-order valence-corrected chi connectivity index (χ1v) is 2.22. The topological polar surface area (TPSA) is 23.8 Å². The van der Waals surface area contributed by atoms with Gasteiger partial charge in [0.2, 0.25) is 0 Å². The number of nitrogens with zero attached hydrogens (tertiary/aromatic N) is 1. The molecule has 0 fully saturated rings. The van der Waals surface area contributed by atoms with Gasteiger partial charge in [0.25, 0.3) is 0 Å². The van der Waals surface area contributed by atoms with Crippen LogP contribution in [0.3, 0.4) is 0 Å². The molecule has 0 atom stereocenters. The van der Waals surface area contributed by atoms with Gasteiger partial charge in [0, 0.05) is 0 Å². The van der Waals surface area contributed by atoms with Gasteiger partial charge in [-0.3, -0.25) is 0 Å². The number of hydrogen-bond acceptors (Lipinski definition) is 1. The summed E-state index contributed by atoms with van der Waals surface area (Å²) in [5, 5.41) is 6.25. The Balaban J connectivity index is -0.0000000750. The molecular formula is C6H10NRh. The van der Waals surface area contributed by atoms with Crippen molar-refractivity contribution < 1.29 is 19.5 Å². The van der Waals surface area contributed by atoms with Crippen LogP contribution in [0.1, 0.15) is 19.3 Å². The van der Waals surface area contributed by atoms with E-state index >= 15 is 0 Å². The zero-order valence-electron chi connectivity index (χ0n) is 4.82. The van der Waals surface area contributed by atoms with E-state index in [9.17, 15) is 0 Å². The largest absolute Gasteiger partial charge is 3.00 e. The fourth-order valence-electron chi connectivity index (χ4n) is 0.177. The summed E-state index contributed by atoms with van der Waals surface area (Å²) in [7, 11) is 0. The molecule has 0 spiro atoms. The second-order valence-electron chi connectivity index (χ2n) is 1.06. The van der Waals surface area contributed by atoms with Crippen LogP contribution < -0.4 is 0 Å². The Morgan fingerprint density at radius 3 is 1.38 bits per heavy atom. The number of unbranched alkanes of at least 4 members (excludes halogenated alkanes) is 2. The van der Waals surface area contributed by atoms with E-state index in [0.29, 0.717) is 0 Å². The molecule has 0 saturated heterocycles. The minimum absolute atomic E-state index is 0. The minimum atomic E-state index is 0. The molecule has 8 heavy (non-hydrogen) atoms. The van der Waals surface area contributed by atoms with Crippen molar-refractivity contribution >= 4 is 0 Å². The van der Waals surface area contributed by atoms with Gasteiger partial charge in [0.15, 0.2) is 0 Å². The van der Waals surface area contributed by atoms with E-state index in [1.54, 1.807) is 0 Å². The second kappa shape index (κ2) is 27.4. The molecular weight excluding hydrogens is 189 g/mol. The molecule has 0 aliphatic rings. The summed E-state index contributed by atoms with van der Waals surface area (Å²) < 4.78 is 0. The number of rotatable bonds is 2. The summed E-state index contributed by atoms with van der Waals surface area (Å²) in [4.78, 5) is 0. The van der Waals surface area contributed by atoms with Crippen LogP contribution in [0.4, 0.5) is 0 Å². The van der Waals surface area contributed by atoms with Crippen LogP contribution in [0.5, 0.6) is 0 Å². The van der Waals surface area contributed by atoms with Gasteiger partial charge in [-0.1, -0.05) is 0 Å². The Kier molecular flexibility index (Phi) is 53.8. The van der Waals surface area contributed by atoms with E-state index < -0.39 is 0 Å². The third-order valence-corrected chi connectivity index (χ3v) is 0.500. The molecule has 0 amide bonds. The molecule has 2 heteroatoms. The molecule has 0 bridgehead atoms. The maximum atomic E-state index is 6.25. The first-order chi connectivity index (χ1) is 3.41. The van der Waals surface area contributed by atoms with Crippen LogP contribution in [0.25, 0.3) is 0 Å². The molecule has 0 radical (unpaired) electrons. The summed E-state index contributed by atoms with van der Waals surface area (Å²) in [6.45, 7) is 12.0. The Morgan fingerprint density at radius 2 is 1.38 bits per heavy atom. The van der Waals surface area contributed by atoms with Crippen molar-refractivity contribution in [3.8, 4) is 0 Å². The van der Waals surface area contributed by atoms with Crippen molar-refractivity contribution in [3.63, 3.8) is 0 Å². The van der Waals surface area contributed by atoms with Gasteiger partial charge in [0.1, 0.15) is 0 Å². The van der Waals surface area contributed by atoms with Crippen LogP contribution in [-0.2, 0) is 19.5 Å². The predicted molar refractivity (Wildman–Crippen MR) is 29.5 cm³/mol. The maximum absolute atomic E-state index is 6.25. The SMILES string of the molecule is [C-]#N.[CH2-]CCC[CH2-].[Rh+3]. The van der Waals surface area contributed by atoms with E-state index in [-0.39, 0.29) is 19.5 Å². The van der Waals surface area contributed by atoms with E-state index in [4.69, 9.17) is 11.8 Å². The van der Waals surface area contributed by atoms with E-state index in [1.807, 2.05) is 0 Å². The van der Waals surface area contributed by atoms with Crippen molar-refractivity contribution in [2.75, 3.05) is 0 Å². The Labute approximate surface area is 64.8 Å². The summed E-state index contributed by atoms with van der Waals surface area (Å²) in [6.07, 6.45) is 3.23. The summed E-state index contributed by atoms with van der Waals surface area (Å²) in [5.41, 5.74) is 0. The summed E-state index contributed by atoms with van der Waals surface area (Å²) >= 11 is 0. The Morgan fingerprint density at radius 1 is 1.12 bits per heavy atom. The van der Waals surface area contributed by atoms with Gasteiger partial charge >= 0.3 is 19.5 Å². The minimum Gasteiger partial charge on any atom is -0.512 e. The average Bonchev–Trinajstić information content (AvgIpc) is 1.75. The normalized spacial score (nSPS) is 5.50. The van der Waals surface area contributed by atoms with Gasteiger partial charge in [0.05, 0.1) is 0 Å². The summed E-state index contributed by atoms with van der Waals surface area (Å²) in [6, 6.07) is 0. The predicted octanol–water partition coefficient (Wildman–Crippen LogP) is 1.92. The molecule has 1 nitrogen and oxygen atoms in total. The standard InChI is InChI=1S/C5H10.CN.Rh/c1-3-5-4-2;1-2;/h1-5H2;;/q-2;-1;+3. The van der Waals surface area contributed by atoms with Crippen molar-refractivity contribution in [2.45, 2.75) is 19.3 Å². The van der Waals surface area contributed by atoms with Crippen molar-refractivity contribution in [2.24, 2.45) is 0 Å². The third kappa shape index (κ3) is 35.8. The molecule has 0 unspecified atom stereocenters. The van der Waals surface area contributed by atoms with Crippen LogP contribution in [0.15, 0.2) is 0 Å². The molecule has 0 aromatic carbocycles. The molecule has 0 saturated carbocycles. The molecule has 0 aromatic heterocycles. The van der Waals surface area contributed by atoms with Crippen LogP contribution in [-0.4, -0.2) is 0 Å². The number of hydrogen-bond donors (Lipinski definition) is 0. The van der Waals surface area contributed by atoms with E-state index in [1.165, 1.54) is 6.42 Å². The molecule has 0 N–H and O–H groups in total. The fourth-order valence-corrected chi connectivity index (χ4v) is 0.177. The van der Waals surface area contributed by atoms with Crippen molar-refractivity contribution in [1.82, 2.24) is 0 Å². The first kappa shape index (κ1) is 15.7. The first-order valence-electron chi connectivity index (χ1n) is 2.22.